The van der Waals surface area contributed by atoms with Gasteiger partial charge in [-0.3, -0.25) is 9.59 Å². The predicted octanol–water partition coefficient (Wildman–Crippen LogP) is 2.95. The van der Waals surface area contributed by atoms with E-state index in [-0.39, 0.29) is 30.8 Å². The van der Waals surface area contributed by atoms with Gasteiger partial charge in [0.1, 0.15) is 5.60 Å². The van der Waals surface area contributed by atoms with Crippen molar-refractivity contribution >= 4 is 17.9 Å². The molecular formula is C23H35N3O4. The fourth-order valence-corrected chi connectivity index (χ4v) is 3.46. The Kier molecular flexibility index (Phi) is 8.69. The molecule has 2 N–H and O–H groups in total. The highest BCUT2D eigenvalue weighted by Gasteiger charge is 2.24. The maximum atomic E-state index is 12.5. The molecule has 2 rings (SSSR count). The van der Waals surface area contributed by atoms with E-state index in [9.17, 15) is 14.4 Å². The summed E-state index contributed by atoms with van der Waals surface area (Å²) in [6.07, 6.45) is 2.45. The average molecular weight is 418 g/mol. The van der Waals surface area contributed by atoms with E-state index in [2.05, 4.69) is 29.7 Å². The number of nitrogens with one attached hydrogen (secondary N) is 2. The Labute approximate surface area is 179 Å². The second-order valence-electron chi connectivity index (χ2n) is 8.83. The average Bonchev–Trinajstić information content (AvgIpc) is 2.66. The van der Waals surface area contributed by atoms with Crippen molar-refractivity contribution in [1.82, 2.24) is 15.5 Å². The van der Waals surface area contributed by atoms with Gasteiger partial charge in [0.2, 0.25) is 11.8 Å². The zero-order chi connectivity index (χ0) is 22.1. The van der Waals surface area contributed by atoms with E-state index >= 15 is 0 Å². The zero-order valence-corrected chi connectivity index (χ0v) is 18.6. The van der Waals surface area contributed by atoms with Crippen LogP contribution in [-0.2, 0) is 20.7 Å². The van der Waals surface area contributed by atoms with Crippen LogP contribution in [0.25, 0.3) is 0 Å². The van der Waals surface area contributed by atoms with Crippen molar-refractivity contribution in [3.63, 3.8) is 0 Å². The Balaban J connectivity index is 1.63. The molecule has 0 spiro atoms. The Morgan fingerprint density at radius 3 is 2.40 bits per heavy atom. The van der Waals surface area contributed by atoms with Gasteiger partial charge in [-0.2, -0.15) is 0 Å². The highest BCUT2D eigenvalue weighted by atomic mass is 16.6. The molecule has 1 aliphatic rings. The molecule has 1 fully saturated rings. The quantitative estimate of drug-likeness (QED) is 0.714. The second kappa shape index (κ2) is 11.0. The van der Waals surface area contributed by atoms with Crippen LogP contribution >= 0.6 is 0 Å². The van der Waals surface area contributed by atoms with Gasteiger partial charge in [-0.05, 0) is 58.1 Å². The number of hydrogen-bond donors (Lipinski definition) is 2. The minimum Gasteiger partial charge on any atom is -0.444 e. The Hall–Kier alpha value is -2.57. The first-order valence-corrected chi connectivity index (χ1v) is 10.7. The van der Waals surface area contributed by atoms with Gasteiger partial charge in [0.25, 0.3) is 0 Å². The molecule has 0 atom stereocenters. The van der Waals surface area contributed by atoms with Crippen molar-refractivity contribution in [3.05, 3.63) is 35.4 Å². The number of benzene rings is 1. The van der Waals surface area contributed by atoms with E-state index in [4.69, 9.17) is 4.74 Å². The number of hydrogen-bond acceptors (Lipinski definition) is 4. The van der Waals surface area contributed by atoms with Crippen LogP contribution in [0, 0.1) is 6.92 Å². The van der Waals surface area contributed by atoms with E-state index in [1.165, 1.54) is 11.1 Å². The standard InChI is InChI=1S/C23H35N3O4/c1-17-7-5-6-8-18(17)9-10-21(28)26-15-12-19(13-16-26)25-20(27)11-14-24-22(29)30-23(2,3)4/h5-8,19H,9-16H2,1-4H3,(H,24,29)(H,25,27). The highest BCUT2D eigenvalue weighted by molar-refractivity contribution is 5.78. The lowest BCUT2D eigenvalue weighted by atomic mass is 10.0. The van der Waals surface area contributed by atoms with Crippen LogP contribution in [0.2, 0.25) is 0 Å². The molecule has 7 heteroatoms. The van der Waals surface area contributed by atoms with Gasteiger partial charge in [-0.15, -0.1) is 0 Å². The first-order valence-electron chi connectivity index (χ1n) is 10.7. The van der Waals surface area contributed by atoms with Crippen LogP contribution in [0.15, 0.2) is 24.3 Å². The van der Waals surface area contributed by atoms with Crippen LogP contribution in [0.1, 0.15) is 57.6 Å². The molecule has 1 aromatic rings. The summed E-state index contributed by atoms with van der Waals surface area (Å²) in [6, 6.07) is 8.22. The third-order valence-electron chi connectivity index (χ3n) is 5.10. The summed E-state index contributed by atoms with van der Waals surface area (Å²) >= 11 is 0. The first kappa shape index (κ1) is 23.7. The summed E-state index contributed by atoms with van der Waals surface area (Å²) in [7, 11) is 0. The van der Waals surface area contributed by atoms with Crippen molar-refractivity contribution in [3.8, 4) is 0 Å². The maximum Gasteiger partial charge on any atom is 0.407 e. The van der Waals surface area contributed by atoms with Crippen LogP contribution < -0.4 is 10.6 Å². The lowest BCUT2D eigenvalue weighted by Gasteiger charge is -2.32. The minimum absolute atomic E-state index is 0.0689. The minimum atomic E-state index is -0.558. The number of aryl methyl sites for hydroxylation is 2. The van der Waals surface area contributed by atoms with Gasteiger partial charge < -0.3 is 20.3 Å². The largest absolute Gasteiger partial charge is 0.444 e. The number of amides is 3. The van der Waals surface area contributed by atoms with E-state index in [1.807, 2.05) is 17.0 Å². The number of ether oxygens (including phenoxy) is 1. The van der Waals surface area contributed by atoms with Crippen LogP contribution in [0.3, 0.4) is 0 Å². The zero-order valence-electron chi connectivity index (χ0n) is 18.6. The molecule has 0 aliphatic carbocycles. The molecule has 7 nitrogen and oxygen atoms in total. The number of nitrogens with zero attached hydrogens (tertiary/aromatic N) is 1. The number of carbonyl (C=O) groups is 3. The van der Waals surface area contributed by atoms with E-state index in [0.717, 1.165) is 19.3 Å². The predicted molar refractivity (Wildman–Crippen MR) is 116 cm³/mol. The van der Waals surface area contributed by atoms with Crippen LogP contribution in [0.5, 0.6) is 0 Å². The molecule has 1 aromatic carbocycles. The summed E-state index contributed by atoms with van der Waals surface area (Å²) in [4.78, 5) is 38.1. The normalized spacial score (nSPS) is 14.9. The van der Waals surface area contributed by atoms with E-state index in [1.54, 1.807) is 20.8 Å². The smallest absolute Gasteiger partial charge is 0.407 e. The molecule has 0 saturated carbocycles. The third-order valence-corrected chi connectivity index (χ3v) is 5.10. The van der Waals surface area contributed by atoms with Gasteiger partial charge in [-0.25, -0.2) is 4.79 Å². The molecular weight excluding hydrogens is 382 g/mol. The molecule has 30 heavy (non-hydrogen) atoms. The number of piperidine rings is 1. The Morgan fingerprint density at radius 1 is 1.10 bits per heavy atom. The molecule has 0 aromatic heterocycles. The van der Waals surface area contributed by atoms with Gasteiger partial charge in [0, 0.05) is 38.5 Å². The molecule has 166 valence electrons. The summed E-state index contributed by atoms with van der Waals surface area (Å²) < 4.78 is 5.14. The monoisotopic (exact) mass is 417 g/mol. The van der Waals surface area contributed by atoms with Gasteiger partial charge >= 0.3 is 6.09 Å². The topological polar surface area (TPSA) is 87.7 Å². The maximum absolute atomic E-state index is 12.5. The SMILES string of the molecule is Cc1ccccc1CCC(=O)N1CCC(NC(=O)CCNC(=O)OC(C)(C)C)CC1. The molecule has 1 aliphatic heterocycles. The van der Waals surface area contributed by atoms with E-state index < -0.39 is 11.7 Å². The number of rotatable bonds is 7. The first-order chi connectivity index (χ1) is 14.1. The van der Waals surface area contributed by atoms with Crippen LogP contribution in [0.4, 0.5) is 4.79 Å². The molecule has 1 saturated heterocycles. The molecule has 0 radical (unpaired) electrons. The summed E-state index contributed by atoms with van der Waals surface area (Å²) in [5, 5.41) is 5.58. The molecule has 0 unspecified atom stereocenters. The third kappa shape index (κ3) is 8.43. The lowest BCUT2D eigenvalue weighted by Crippen LogP contribution is -2.47. The van der Waals surface area contributed by atoms with E-state index in [0.29, 0.717) is 19.5 Å². The van der Waals surface area contributed by atoms with Gasteiger partial charge in [0.15, 0.2) is 0 Å². The molecule has 0 bridgehead atoms. The molecule has 3 amide bonds. The number of likely N-dealkylation sites (tertiary alicyclic amines) is 1. The molecule has 1 heterocycles. The Morgan fingerprint density at radius 2 is 1.77 bits per heavy atom. The van der Waals surface area contributed by atoms with Crippen molar-refractivity contribution in [2.75, 3.05) is 19.6 Å². The lowest BCUT2D eigenvalue weighted by molar-refractivity contribution is -0.132. The number of alkyl carbamates (subject to hydrolysis) is 1. The number of carbonyl (C=O) groups excluding carboxylic acids is 3. The van der Waals surface area contributed by atoms with Crippen molar-refractivity contribution in [1.29, 1.82) is 0 Å². The second-order valence-corrected chi connectivity index (χ2v) is 8.83. The fraction of sp³-hybridized carbons (Fsp3) is 0.609. The van der Waals surface area contributed by atoms with Crippen molar-refractivity contribution < 1.29 is 19.1 Å². The fourth-order valence-electron chi connectivity index (χ4n) is 3.46. The van der Waals surface area contributed by atoms with Crippen LogP contribution in [-0.4, -0.2) is 54.1 Å². The summed E-state index contributed by atoms with van der Waals surface area (Å²) in [5.74, 6) is 0.0694. The van der Waals surface area contributed by atoms with Crippen molar-refractivity contribution in [2.45, 2.75) is 71.4 Å². The Bertz CT molecular complexity index is 734. The highest BCUT2D eigenvalue weighted by Crippen LogP contribution is 2.15. The summed E-state index contributed by atoms with van der Waals surface area (Å²) in [6.45, 7) is 8.99. The van der Waals surface area contributed by atoms with Crippen molar-refractivity contribution in [2.24, 2.45) is 0 Å². The van der Waals surface area contributed by atoms with Gasteiger partial charge in [-0.1, -0.05) is 24.3 Å². The van der Waals surface area contributed by atoms with Gasteiger partial charge in [0.05, 0.1) is 0 Å². The summed E-state index contributed by atoms with van der Waals surface area (Å²) in [5.41, 5.74) is 1.87.